The molecule has 2 aromatic carbocycles. The number of rotatable bonds is 8. The van der Waals surface area contributed by atoms with Crippen molar-refractivity contribution in [1.82, 2.24) is 15.1 Å². The number of hydrogen-bond donors (Lipinski definition) is 0. The lowest BCUT2D eigenvalue weighted by atomic mass is 10.1. The first-order valence-corrected chi connectivity index (χ1v) is 11.8. The van der Waals surface area contributed by atoms with E-state index in [0.29, 0.717) is 49.1 Å². The number of methoxy groups -OCH3 is 3. The van der Waals surface area contributed by atoms with Crippen LogP contribution in [0.3, 0.4) is 0 Å². The van der Waals surface area contributed by atoms with Crippen LogP contribution in [0.15, 0.2) is 42.5 Å². The minimum absolute atomic E-state index is 0.0153. The first kappa shape index (κ1) is 25.1. The highest BCUT2D eigenvalue weighted by Gasteiger charge is 2.23. The van der Waals surface area contributed by atoms with Gasteiger partial charge in [0, 0.05) is 31.7 Å². The van der Waals surface area contributed by atoms with Crippen molar-refractivity contribution in [2.75, 3.05) is 59.0 Å². The first-order valence-electron chi connectivity index (χ1n) is 11.8. The Hall–Kier alpha value is -4.01. The number of piperazine rings is 1. The number of amides is 1. The Morgan fingerprint density at radius 2 is 1.53 bits per heavy atom. The summed E-state index contributed by atoms with van der Waals surface area (Å²) in [6.45, 7) is 6.61. The molecule has 0 atom stereocenters. The molecule has 0 aliphatic carbocycles. The Morgan fingerprint density at radius 3 is 2.08 bits per heavy atom. The van der Waals surface area contributed by atoms with Gasteiger partial charge < -0.3 is 28.7 Å². The maximum Gasteiger partial charge on any atom is 0.260 e. The largest absolute Gasteiger partial charge is 0.493 e. The molecular formula is C27H32N4O5. The number of nitrogens with zero attached hydrogens (tertiary/aromatic N) is 4. The zero-order chi connectivity index (χ0) is 25.7. The molecule has 1 aliphatic heterocycles. The fraction of sp³-hybridized carbons (Fsp3) is 0.370. The number of carbonyl (C=O) groups is 1. The molecule has 0 N–H and O–H groups in total. The maximum atomic E-state index is 12.7. The number of benzene rings is 2. The predicted octanol–water partition coefficient (Wildman–Crippen LogP) is 3.51. The van der Waals surface area contributed by atoms with Gasteiger partial charge in [-0.2, -0.15) is 0 Å². The summed E-state index contributed by atoms with van der Waals surface area (Å²) >= 11 is 0. The van der Waals surface area contributed by atoms with Crippen LogP contribution in [-0.4, -0.2) is 75.1 Å². The summed E-state index contributed by atoms with van der Waals surface area (Å²) in [5.74, 6) is 3.14. The van der Waals surface area contributed by atoms with E-state index in [-0.39, 0.29) is 12.5 Å². The summed E-state index contributed by atoms with van der Waals surface area (Å²) in [6.07, 6.45) is 0. The van der Waals surface area contributed by atoms with Crippen molar-refractivity contribution in [3.8, 4) is 34.3 Å². The number of carbonyl (C=O) groups excluding carboxylic acids is 1. The van der Waals surface area contributed by atoms with Gasteiger partial charge in [0.2, 0.25) is 5.75 Å². The maximum absolute atomic E-state index is 12.7. The van der Waals surface area contributed by atoms with Crippen molar-refractivity contribution in [1.29, 1.82) is 0 Å². The van der Waals surface area contributed by atoms with E-state index in [1.807, 2.05) is 61.2 Å². The van der Waals surface area contributed by atoms with E-state index in [2.05, 4.69) is 15.1 Å². The molecule has 4 rings (SSSR count). The van der Waals surface area contributed by atoms with Gasteiger partial charge in [-0.1, -0.05) is 17.7 Å². The van der Waals surface area contributed by atoms with Crippen molar-refractivity contribution in [2.45, 2.75) is 13.8 Å². The van der Waals surface area contributed by atoms with Crippen molar-refractivity contribution in [3.05, 3.63) is 53.6 Å². The molecule has 1 aliphatic rings. The summed E-state index contributed by atoms with van der Waals surface area (Å²) in [5, 5.41) is 8.85. The molecular weight excluding hydrogens is 460 g/mol. The number of aromatic nitrogens is 2. The van der Waals surface area contributed by atoms with Gasteiger partial charge in [0.1, 0.15) is 5.75 Å². The van der Waals surface area contributed by atoms with Crippen LogP contribution < -0.4 is 23.8 Å². The van der Waals surface area contributed by atoms with Crippen LogP contribution in [0.25, 0.3) is 11.3 Å². The zero-order valence-electron chi connectivity index (χ0n) is 21.4. The van der Waals surface area contributed by atoms with E-state index in [0.717, 1.165) is 22.7 Å². The van der Waals surface area contributed by atoms with Crippen LogP contribution in [0, 0.1) is 13.8 Å². The molecule has 3 aromatic rings. The summed E-state index contributed by atoms with van der Waals surface area (Å²) in [4.78, 5) is 16.6. The first-order chi connectivity index (χ1) is 17.4. The number of anilines is 1. The number of hydrogen-bond acceptors (Lipinski definition) is 8. The van der Waals surface area contributed by atoms with Crippen LogP contribution in [0.2, 0.25) is 0 Å². The molecule has 0 unspecified atom stereocenters. The van der Waals surface area contributed by atoms with Gasteiger partial charge in [-0.25, -0.2) is 0 Å². The van der Waals surface area contributed by atoms with Gasteiger partial charge in [0.25, 0.3) is 5.91 Å². The molecule has 36 heavy (non-hydrogen) atoms. The van der Waals surface area contributed by atoms with Gasteiger partial charge in [0.05, 0.1) is 27.0 Å². The van der Waals surface area contributed by atoms with Crippen LogP contribution in [0.5, 0.6) is 23.0 Å². The molecule has 1 aromatic heterocycles. The van der Waals surface area contributed by atoms with Crippen molar-refractivity contribution in [3.63, 3.8) is 0 Å². The lowest BCUT2D eigenvalue weighted by molar-refractivity contribution is -0.133. The molecule has 0 spiro atoms. The van der Waals surface area contributed by atoms with Crippen molar-refractivity contribution in [2.24, 2.45) is 0 Å². The normalized spacial score (nSPS) is 13.4. The lowest BCUT2D eigenvalue weighted by Crippen LogP contribution is -2.50. The Morgan fingerprint density at radius 1 is 0.833 bits per heavy atom. The standard InChI is InChI=1S/C27H32N4O5/c1-18-6-8-22(19(2)14-18)36-17-26(32)31-12-10-30(11-13-31)25-9-7-21(28-29-25)20-15-23(33-3)27(35-5)24(16-20)34-4/h6-9,14-16H,10-13,17H2,1-5H3. The van der Waals surface area contributed by atoms with Gasteiger partial charge in [0.15, 0.2) is 23.9 Å². The molecule has 9 nitrogen and oxygen atoms in total. The highest BCUT2D eigenvalue weighted by molar-refractivity contribution is 5.78. The van der Waals surface area contributed by atoms with E-state index in [9.17, 15) is 4.79 Å². The number of aryl methyl sites for hydroxylation is 2. The third kappa shape index (κ3) is 5.45. The third-order valence-corrected chi connectivity index (χ3v) is 6.25. The van der Waals surface area contributed by atoms with E-state index in [4.69, 9.17) is 18.9 Å². The zero-order valence-corrected chi connectivity index (χ0v) is 21.4. The minimum atomic E-state index is -0.0153. The van der Waals surface area contributed by atoms with E-state index < -0.39 is 0 Å². The highest BCUT2D eigenvalue weighted by atomic mass is 16.5. The van der Waals surface area contributed by atoms with E-state index >= 15 is 0 Å². The molecule has 190 valence electrons. The fourth-order valence-electron chi connectivity index (χ4n) is 4.25. The highest BCUT2D eigenvalue weighted by Crippen LogP contribution is 2.40. The smallest absolute Gasteiger partial charge is 0.260 e. The summed E-state index contributed by atoms with van der Waals surface area (Å²) in [5.41, 5.74) is 3.70. The quantitative estimate of drug-likeness (QED) is 0.472. The van der Waals surface area contributed by atoms with E-state index in [1.54, 1.807) is 21.3 Å². The molecule has 0 saturated carbocycles. The van der Waals surface area contributed by atoms with Crippen molar-refractivity contribution >= 4 is 11.7 Å². The molecule has 9 heteroatoms. The molecule has 0 bridgehead atoms. The van der Waals surface area contributed by atoms with Crippen molar-refractivity contribution < 1.29 is 23.7 Å². The number of ether oxygens (including phenoxy) is 4. The molecule has 2 heterocycles. The summed E-state index contributed by atoms with van der Waals surface area (Å²) < 4.78 is 22.0. The topological polar surface area (TPSA) is 86.3 Å². The fourth-order valence-corrected chi connectivity index (χ4v) is 4.25. The van der Waals surface area contributed by atoms with Crippen LogP contribution in [0.4, 0.5) is 5.82 Å². The van der Waals surface area contributed by atoms with Crippen LogP contribution >= 0.6 is 0 Å². The SMILES string of the molecule is COc1cc(-c2ccc(N3CCN(C(=O)COc4ccc(C)cc4C)CC3)nn2)cc(OC)c1OC. The molecule has 1 saturated heterocycles. The second-order valence-electron chi connectivity index (χ2n) is 8.62. The minimum Gasteiger partial charge on any atom is -0.493 e. The second-order valence-corrected chi connectivity index (χ2v) is 8.62. The Kier molecular flexibility index (Phi) is 7.77. The average Bonchev–Trinajstić information content (AvgIpc) is 2.91. The lowest BCUT2D eigenvalue weighted by Gasteiger charge is -2.35. The van der Waals surface area contributed by atoms with Crippen LogP contribution in [0.1, 0.15) is 11.1 Å². The van der Waals surface area contributed by atoms with Gasteiger partial charge in [-0.05, 0) is 49.7 Å². The molecule has 0 radical (unpaired) electrons. The van der Waals surface area contributed by atoms with Gasteiger partial charge >= 0.3 is 0 Å². The summed E-state index contributed by atoms with van der Waals surface area (Å²) in [6, 6.07) is 13.5. The van der Waals surface area contributed by atoms with Crippen LogP contribution in [-0.2, 0) is 4.79 Å². The Labute approximate surface area is 211 Å². The Bertz CT molecular complexity index is 1180. The van der Waals surface area contributed by atoms with Gasteiger partial charge in [-0.15, -0.1) is 10.2 Å². The second kappa shape index (κ2) is 11.2. The molecule has 1 fully saturated rings. The Balaban J connectivity index is 1.35. The third-order valence-electron chi connectivity index (χ3n) is 6.25. The summed E-state index contributed by atoms with van der Waals surface area (Å²) in [7, 11) is 4.73. The van der Waals surface area contributed by atoms with Gasteiger partial charge in [-0.3, -0.25) is 4.79 Å². The predicted molar refractivity (Wildman–Crippen MR) is 137 cm³/mol. The molecule has 1 amide bonds. The van der Waals surface area contributed by atoms with E-state index in [1.165, 1.54) is 5.56 Å². The monoisotopic (exact) mass is 492 g/mol. The average molecular weight is 493 g/mol.